The van der Waals surface area contributed by atoms with Gasteiger partial charge in [0.25, 0.3) is 5.91 Å². The first-order chi connectivity index (χ1) is 25.8. The van der Waals surface area contributed by atoms with Crippen LogP contribution in [0.5, 0.6) is 5.75 Å². The van der Waals surface area contributed by atoms with Crippen LogP contribution >= 0.6 is 11.6 Å². The number of aliphatic hydroxyl groups is 1. The largest absolute Gasteiger partial charge is 0.496 e. The molecule has 2 aliphatic rings. The summed E-state index contributed by atoms with van der Waals surface area (Å²) in [5, 5.41) is 22.2. The summed E-state index contributed by atoms with van der Waals surface area (Å²) in [4.78, 5) is 32.9. The highest BCUT2D eigenvalue weighted by atomic mass is 35.5. The smallest absolute Gasteiger partial charge is 0.417 e. The van der Waals surface area contributed by atoms with Gasteiger partial charge in [0.05, 0.1) is 35.4 Å². The van der Waals surface area contributed by atoms with Crippen molar-refractivity contribution in [1.82, 2.24) is 14.8 Å². The number of ether oxygens (including phenoxy) is 1. The fraction of sp³-hybridized carbons (Fsp3) is 0.341. The number of benzene rings is 3. The first-order valence-electron chi connectivity index (χ1n) is 17.8. The second-order valence-electron chi connectivity index (χ2n) is 13.8. The standard InChI is InChI=1S/C41H42ClF3N4O5/c1-25-27(10-11-28-20-37(54-2)29(19-34(28)41(43,44)45)13-16-48-17-14-30(23-48)40(52)53)5-3-6-32(25)33-7-4-8-35(38(33)42)47-39(51)36-12-9-26(21-46-36)22-49-18-15-31(50)24-49/h3-12,19-21,30-31,50H,13-18,22-24H2,1-2H3,(H,47,51)(H,52,53)/b11-10+/t30-,31-/m1/s1. The van der Waals surface area contributed by atoms with Crippen LogP contribution in [-0.4, -0.2) is 82.8 Å². The van der Waals surface area contributed by atoms with Crippen molar-refractivity contribution in [2.45, 2.75) is 45.0 Å². The van der Waals surface area contributed by atoms with Crippen molar-refractivity contribution in [3.05, 3.63) is 111 Å². The third kappa shape index (κ3) is 9.12. The fourth-order valence-corrected chi connectivity index (χ4v) is 7.39. The molecule has 6 rings (SSSR count). The molecule has 54 heavy (non-hydrogen) atoms. The second-order valence-corrected chi connectivity index (χ2v) is 14.2. The van der Waals surface area contributed by atoms with Crippen molar-refractivity contribution < 1.29 is 37.7 Å². The number of nitrogens with zero attached hydrogens (tertiary/aromatic N) is 3. The number of likely N-dealkylation sites (tertiary alicyclic amines) is 2. The Balaban J connectivity index is 1.19. The number of methoxy groups -OCH3 is 1. The van der Waals surface area contributed by atoms with Gasteiger partial charge in [0.1, 0.15) is 11.4 Å². The normalized spacial score (nSPS) is 18.1. The minimum Gasteiger partial charge on any atom is -0.496 e. The van der Waals surface area contributed by atoms with Crippen LogP contribution < -0.4 is 10.1 Å². The van der Waals surface area contributed by atoms with Crippen LogP contribution in [0, 0.1) is 12.8 Å². The van der Waals surface area contributed by atoms with E-state index in [-0.39, 0.29) is 23.8 Å². The van der Waals surface area contributed by atoms with Gasteiger partial charge in [-0.2, -0.15) is 13.2 Å². The Bertz CT molecular complexity index is 2040. The third-order valence-electron chi connectivity index (χ3n) is 10.1. The average molecular weight is 763 g/mol. The lowest BCUT2D eigenvalue weighted by Gasteiger charge is -2.19. The SMILES string of the molecule is COc1cc(/C=C/c2cccc(-c3cccc(NC(=O)c4ccc(CN5CC[C@@H](O)C5)cn4)c3Cl)c2C)c(C(F)(F)F)cc1CCN1CC[C@@H](C(=O)O)C1. The summed E-state index contributed by atoms with van der Waals surface area (Å²) >= 11 is 6.86. The van der Waals surface area contributed by atoms with Crippen molar-refractivity contribution >= 4 is 41.3 Å². The number of nitrogens with one attached hydrogen (secondary N) is 1. The molecule has 2 aliphatic heterocycles. The summed E-state index contributed by atoms with van der Waals surface area (Å²) in [5.74, 6) is -1.45. The molecule has 3 N–H and O–H groups in total. The molecule has 2 saturated heterocycles. The van der Waals surface area contributed by atoms with Gasteiger partial charge >= 0.3 is 12.1 Å². The highest BCUT2D eigenvalue weighted by Gasteiger charge is 2.34. The summed E-state index contributed by atoms with van der Waals surface area (Å²) in [6, 6.07) is 16.7. The average Bonchev–Trinajstić information content (AvgIpc) is 3.80. The van der Waals surface area contributed by atoms with Gasteiger partial charge in [-0.15, -0.1) is 0 Å². The van der Waals surface area contributed by atoms with E-state index in [2.05, 4.69) is 15.2 Å². The van der Waals surface area contributed by atoms with Crippen molar-refractivity contribution in [1.29, 1.82) is 0 Å². The summed E-state index contributed by atoms with van der Waals surface area (Å²) in [6.07, 6.45) is 1.27. The number of halogens is 4. The zero-order chi connectivity index (χ0) is 38.6. The van der Waals surface area contributed by atoms with E-state index in [1.165, 1.54) is 19.3 Å². The van der Waals surface area contributed by atoms with E-state index in [1.807, 2.05) is 30.0 Å². The maximum Gasteiger partial charge on any atom is 0.417 e. The van der Waals surface area contributed by atoms with Gasteiger partial charge < -0.3 is 25.2 Å². The van der Waals surface area contributed by atoms with E-state index in [4.69, 9.17) is 16.3 Å². The maximum atomic E-state index is 14.4. The lowest BCUT2D eigenvalue weighted by atomic mass is 9.94. The summed E-state index contributed by atoms with van der Waals surface area (Å²) in [6.45, 7) is 5.27. The van der Waals surface area contributed by atoms with Crippen LogP contribution in [0.3, 0.4) is 0 Å². The maximum absolute atomic E-state index is 14.4. The Morgan fingerprint density at radius 1 is 1.00 bits per heavy atom. The Morgan fingerprint density at radius 3 is 2.41 bits per heavy atom. The van der Waals surface area contributed by atoms with E-state index in [9.17, 15) is 33.0 Å². The van der Waals surface area contributed by atoms with Gasteiger partial charge in [0.2, 0.25) is 0 Å². The monoisotopic (exact) mass is 762 g/mol. The van der Waals surface area contributed by atoms with Crippen LogP contribution in [0.25, 0.3) is 23.3 Å². The molecule has 1 aromatic heterocycles. The number of aromatic nitrogens is 1. The van der Waals surface area contributed by atoms with Crippen LogP contribution in [0.1, 0.15) is 56.7 Å². The molecule has 0 saturated carbocycles. The van der Waals surface area contributed by atoms with Crippen molar-refractivity contribution in [3.8, 4) is 16.9 Å². The number of rotatable bonds is 12. The van der Waals surface area contributed by atoms with E-state index in [0.717, 1.165) is 35.7 Å². The number of aliphatic carboxylic acids is 1. The Labute approximate surface area is 317 Å². The molecule has 284 valence electrons. The van der Waals surface area contributed by atoms with Gasteiger partial charge in [-0.1, -0.05) is 60.2 Å². The summed E-state index contributed by atoms with van der Waals surface area (Å²) in [5.41, 5.74) is 3.88. The topological polar surface area (TPSA) is 115 Å². The number of anilines is 1. The first-order valence-corrected chi connectivity index (χ1v) is 18.1. The zero-order valence-corrected chi connectivity index (χ0v) is 30.8. The molecule has 3 aromatic carbocycles. The zero-order valence-electron chi connectivity index (χ0n) is 30.0. The molecule has 0 bridgehead atoms. The molecule has 13 heteroatoms. The number of β-amino-alcohol motifs (C(OH)–C–C–N with tert-alkyl or cyclic N) is 1. The number of aliphatic hydroxyl groups excluding tert-OH is 1. The van der Waals surface area contributed by atoms with Gasteiger partial charge in [-0.25, -0.2) is 0 Å². The third-order valence-corrected chi connectivity index (χ3v) is 10.6. The molecule has 0 unspecified atom stereocenters. The minimum atomic E-state index is -4.63. The van der Waals surface area contributed by atoms with Crippen molar-refractivity contribution in [2.75, 3.05) is 45.2 Å². The van der Waals surface area contributed by atoms with Crippen LogP contribution in [-0.2, 0) is 23.9 Å². The molecule has 4 aromatic rings. The summed E-state index contributed by atoms with van der Waals surface area (Å²) in [7, 11) is 1.42. The number of carbonyl (C=O) groups is 2. The number of carbonyl (C=O) groups excluding carboxylic acids is 1. The van der Waals surface area contributed by atoms with Gasteiger partial charge in [0, 0.05) is 44.5 Å². The highest BCUT2D eigenvalue weighted by Crippen LogP contribution is 2.39. The molecule has 1 amide bonds. The van der Waals surface area contributed by atoms with Gasteiger partial charge in [0.15, 0.2) is 0 Å². The van der Waals surface area contributed by atoms with Gasteiger partial charge in [-0.05, 0) is 90.4 Å². The number of carboxylic acid groups (broad SMARTS) is 1. The number of carboxylic acids is 1. The molecule has 3 heterocycles. The molecule has 9 nitrogen and oxygen atoms in total. The Morgan fingerprint density at radius 2 is 1.74 bits per heavy atom. The number of hydrogen-bond donors (Lipinski definition) is 3. The van der Waals surface area contributed by atoms with Crippen molar-refractivity contribution in [3.63, 3.8) is 0 Å². The van der Waals surface area contributed by atoms with Gasteiger partial charge in [-0.3, -0.25) is 19.5 Å². The molecule has 2 fully saturated rings. The quantitative estimate of drug-likeness (QED) is 0.126. The van der Waals surface area contributed by atoms with Crippen LogP contribution in [0.2, 0.25) is 5.02 Å². The lowest BCUT2D eigenvalue weighted by Crippen LogP contribution is -2.25. The van der Waals surface area contributed by atoms with Crippen LogP contribution in [0.15, 0.2) is 66.9 Å². The molecule has 0 aliphatic carbocycles. The number of hydrogen-bond acceptors (Lipinski definition) is 7. The first kappa shape index (κ1) is 39.0. The highest BCUT2D eigenvalue weighted by molar-refractivity contribution is 6.36. The second kappa shape index (κ2) is 16.7. The molecular formula is C41H42ClF3N4O5. The fourth-order valence-electron chi connectivity index (χ4n) is 7.12. The van der Waals surface area contributed by atoms with Crippen molar-refractivity contribution in [2.24, 2.45) is 5.92 Å². The van der Waals surface area contributed by atoms with E-state index < -0.39 is 29.5 Å². The van der Waals surface area contributed by atoms with E-state index >= 15 is 0 Å². The minimum absolute atomic E-state index is 0.0563. The lowest BCUT2D eigenvalue weighted by molar-refractivity contribution is -0.141. The molecule has 0 radical (unpaired) electrons. The molecule has 2 atom stereocenters. The van der Waals surface area contributed by atoms with E-state index in [1.54, 1.807) is 42.6 Å². The number of amides is 1. The Kier molecular flexibility index (Phi) is 12.1. The number of alkyl halides is 3. The van der Waals surface area contributed by atoms with E-state index in [0.29, 0.717) is 72.3 Å². The Hall–Kier alpha value is -4.75. The molecular weight excluding hydrogens is 721 g/mol. The number of pyridine rings is 1. The van der Waals surface area contributed by atoms with Crippen LogP contribution in [0.4, 0.5) is 18.9 Å². The predicted octanol–water partition coefficient (Wildman–Crippen LogP) is 7.68. The predicted molar refractivity (Wildman–Crippen MR) is 203 cm³/mol. The molecule has 0 spiro atoms. The summed E-state index contributed by atoms with van der Waals surface area (Å²) < 4.78 is 48.8.